The second kappa shape index (κ2) is 4.84. The molecule has 0 spiro atoms. The second-order valence-electron chi connectivity index (χ2n) is 6.00. The molecule has 1 aliphatic heterocycles. The quantitative estimate of drug-likeness (QED) is 0.785. The summed E-state index contributed by atoms with van der Waals surface area (Å²) in [6, 6.07) is 0.501. The van der Waals surface area contributed by atoms with Crippen molar-refractivity contribution in [3.05, 3.63) is 0 Å². The Morgan fingerprint density at radius 1 is 1.53 bits per heavy atom. The molecule has 2 rings (SSSR count). The standard InChI is InChI=1S/C13H25N3O/c1-10(2)8-15-12(17)16-7-6-13(9-14)5-3-4-11(13)16/h10-11H,3-9,14H2,1-2H3,(H,15,17)/t11-,13-/m1/s1. The molecule has 98 valence electrons. The highest BCUT2D eigenvalue weighted by Gasteiger charge is 2.50. The highest BCUT2D eigenvalue weighted by molar-refractivity contribution is 5.75. The van der Waals surface area contributed by atoms with Gasteiger partial charge in [0.05, 0.1) is 0 Å². The van der Waals surface area contributed by atoms with E-state index in [1.165, 1.54) is 12.8 Å². The first kappa shape index (κ1) is 12.7. The van der Waals surface area contributed by atoms with Gasteiger partial charge in [-0.3, -0.25) is 0 Å². The molecule has 0 radical (unpaired) electrons. The van der Waals surface area contributed by atoms with Crippen molar-refractivity contribution in [2.45, 2.75) is 45.6 Å². The van der Waals surface area contributed by atoms with Crippen molar-refractivity contribution < 1.29 is 4.79 Å². The van der Waals surface area contributed by atoms with Gasteiger partial charge in [0.1, 0.15) is 0 Å². The molecule has 1 saturated carbocycles. The van der Waals surface area contributed by atoms with Crippen LogP contribution >= 0.6 is 0 Å². The first-order chi connectivity index (χ1) is 8.09. The van der Waals surface area contributed by atoms with E-state index in [1.54, 1.807) is 0 Å². The molecule has 2 fully saturated rings. The predicted octanol–water partition coefficient (Wildman–Crippen LogP) is 1.56. The fourth-order valence-electron chi connectivity index (χ4n) is 3.37. The van der Waals surface area contributed by atoms with Crippen LogP contribution in [-0.2, 0) is 0 Å². The first-order valence-corrected chi connectivity index (χ1v) is 6.83. The van der Waals surface area contributed by atoms with Crippen LogP contribution < -0.4 is 11.1 Å². The molecule has 1 heterocycles. The van der Waals surface area contributed by atoms with Crippen molar-refractivity contribution in [2.24, 2.45) is 17.1 Å². The van der Waals surface area contributed by atoms with E-state index in [4.69, 9.17) is 5.73 Å². The number of nitrogens with one attached hydrogen (secondary N) is 1. The van der Waals surface area contributed by atoms with E-state index < -0.39 is 0 Å². The Morgan fingerprint density at radius 2 is 2.29 bits per heavy atom. The topological polar surface area (TPSA) is 58.4 Å². The number of carbonyl (C=O) groups is 1. The van der Waals surface area contributed by atoms with E-state index in [2.05, 4.69) is 19.2 Å². The first-order valence-electron chi connectivity index (χ1n) is 6.83. The molecular weight excluding hydrogens is 214 g/mol. The van der Waals surface area contributed by atoms with Gasteiger partial charge in [0.25, 0.3) is 0 Å². The van der Waals surface area contributed by atoms with Crippen LogP contribution in [0.25, 0.3) is 0 Å². The van der Waals surface area contributed by atoms with Gasteiger partial charge in [-0.1, -0.05) is 20.3 Å². The highest BCUT2D eigenvalue weighted by atomic mass is 16.2. The predicted molar refractivity (Wildman–Crippen MR) is 68.7 cm³/mol. The van der Waals surface area contributed by atoms with Gasteiger partial charge in [-0.05, 0) is 31.7 Å². The van der Waals surface area contributed by atoms with E-state index in [0.717, 1.165) is 32.5 Å². The summed E-state index contributed by atoms with van der Waals surface area (Å²) < 4.78 is 0. The molecule has 2 aliphatic rings. The number of likely N-dealkylation sites (tertiary alicyclic amines) is 1. The average Bonchev–Trinajstić information content (AvgIpc) is 2.83. The molecule has 0 aromatic heterocycles. The van der Waals surface area contributed by atoms with Gasteiger partial charge >= 0.3 is 6.03 Å². The molecular formula is C13H25N3O. The third-order valence-electron chi connectivity index (χ3n) is 4.41. The number of amides is 2. The summed E-state index contributed by atoms with van der Waals surface area (Å²) in [5, 5.41) is 3.02. The minimum Gasteiger partial charge on any atom is -0.338 e. The Labute approximate surface area is 104 Å². The van der Waals surface area contributed by atoms with Crippen LogP contribution in [0, 0.1) is 11.3 Å². The van der Waals surface area contributed by atoms with Crippen molar-refractivity contribution in [3.63, 3.8) is 0 Å². The fourth-order valence-corrected chi connectivity index (χ4v) is 3.37. The van der Waals surface area contributed by atoms with Crippen LogP contribution in [-0.4, -0.2) is 36.6 Å². The van der Waals surface area contributed by atoms with Gasteiger partial charge in [-0.15, -0.1) is 0 Å². The van der Waals surface area contributed by atoms with Crippen LogP contribution in [0.15, 0.2) is 0 Å². The van der Waals surface area contributed by atoms with Crippen molar-refractivity contribution in [3.8, 4) is 0 Å². The molecule has 17 heavy (non-hydrogen) atoms. The third kappa shape index (κ3) is 2.28. The molecule has 0 bridgehead atoms. The lowest BCUT2D eigenvalue weighted by Crippen LogP contribution is -2.47. The molecule has 2 atom stereocenters. The van der Waals surface area contributed by atoms with E-state index in [0.29, 0.717) is 12.0 Å². The number of urea groups is 1. The number of hydrogen-bond acceptors (Lipinski definition) is 2. The highest BCUT2D eigenvalue weighted by Crippen LogP contribution is 2.47. The molecule has 3 N–H and O–H groups in total. The number of rotatable bonds is 3. The molecule has 0 unspecified atom stereocenters. The van der Waals surface area contributed by atoms with Gasteiger partial charge in [0, 0.05) is 24.5 Å². The minimum atomic E-state index is 0.112. The summed E-state index contributed by atoms with van der Waals surface area (Å²) in [5.41, 5.74) is 6.17. The molecule has 2 amide bonds. The fraction of sp³-hybridized carbons (Fsp3) is 0.923. The van der Waals surface area contributed by atoms with Crippen LogP contribution in [0.4, 0.5) is 4.79 Å². The number of fused-ring (bicyclic) bond motifs is 1. The van der Waals surface area contributed by atoms with Crippen molar-refractivity contribution in [2.75, 3.05) is 19.6 Å². The Morgan fingerprint density at radius 3 is 2.94 bits per heavy atom. The van der Waals surface area contributed by atoms with Gasteiger partial charge in [-0.25, -0.2) is 4.79 Å². The Hall–Kier alpha value is -0.770. The van der Waals surface area contributed by atoms with Crippen LogP contribution in [0.3, 0.4) is 0 Å². The molecule has 0 aromatic carbocycles. The maximum absolute atomic E-state index is 12.1. The van der Waals surface area contributed by atoms with Crippen molar-refractivity contribution >= 4 is 6.03 Å². The lowest BCUT2D eigenvalue weighted by atomic mass is 9.82. The molecule has 1 saturated heterocycles. The zero-order valence-electron chi connectivity index (χ0n) is 11.0. The zero-order chi connectivity index (χ0) is 12.5. The molecule has 4 nitrogen and oxygen atoms in total. The lowest BCUT2D eigenvalue weighted by Gasteiger charge is -2.31. The van der Waals surface area contributed by atoms with Gasteiger partial charge in [0.15, 0.2) is 0 Å². The van der Waals surface area contributed by atoms with E-state index >= 15 is 0 Å². The summed E-state index contributed by atoms with van der Waals surface area (Å²) in [7, 11) is 0. The maximum atomic E-state index is 12.1. The van der Waals surface area contributed by atoms with E-state index in [9.17, 15) is 4.79 Å². The molecule has 0 aromatic rings. The van der Waals surface area contributed by atoms with Crippen LogP contribution in [0.5, 0.6) is 0 Å². The summed E-state index contributed by atoms with van der Waals surface area (Å²) in [6.45, 7) is 6.60. The minimum absolute atomic E-state index is 0.112. The van der Waals surface area contributed by atoms with E-state index in [-0.39, 0.29) is 11.4 Å². The summed E-state index contributed by atoms with van der Waals surface area (Å²) in [5.74, 6) is 0.504. The average molecular weight is 239 g/mol. The van der Waals surface area contributed by atoms with Crippen molar-refractivity contribution in [1.29, 1.82) is 0 Å². The maximum Gasteiger partial charge on any atom is 0.317 e. The van der Waals surface area contributed by atoms with Gasteiger partial charge in [-0.2, -0.15) is 0 Å². The smallest absolute Gasteiger partial charge is 0.317 e. The summed E-state index contributed by atoms with van der Waals surface area (Å²) in [4.78, 5) is 14.2. The number of hydrogen-bond donors (Lipinski definition) is 2. The summed E-state index contributed by atoms with van der Waals surface area (Å²) >= 11 is 0. The van der Waals surface area contributed by atoms with Crippen LogP contribution in [0.1, 0.15) is 39.5 Å². The lowest BCUT2D eigenvalue weighted by molar-refractivity contribution is 0.172. The van der Waals surface area contributed by atoms with Crippen LogP contribution in [0.2, 0.25) is 0 Å². The normalized spacial score (nSPS) is 32.0. The van der Waals surface area contributed by atoms with Gasteiger partial charge in [0.2, 0.25) is 0 Å². The van der Waals surface area contributed by atoms with E-state index in [1.807, 2.05) is 4.90 Å². The monoisotopic (exact) mass is 239 g/mol. The number of nitrogens with two attached hydrogens (primary N) is 1. The number of carbonyl (C=O) groups excluding carboxylic acids is 1. The Bertz CT molecular complexity index is 292. The SMILES string of the molecule is CC(C)CNC(=O)N1CC[C@@]2(CN)CCC[C@@H]12. The summed E-state index contributed by atoms with van der Waals surface area (Å²) in [6.07, 6.45) is 4.63. The van der Waals surface area contributed by atoms with Crippen molar-refractivity contribution in [1.82, 2.24) is 10.2 Å². The molecule has 4 heteroatoms. The zero-order valence-corrected chi connectivity index (χ0v) is 11.0. The second-order valence-corrected chi connectivity index (χ2v) is 6.00. The Balaban J connectivity index is 1.97. The number of nitrogens with zero attached hydrogens (tertiary/aromatic N) is 1. The molecule has 1 aliphatic carbocycles. The third-order valence-corrected chi connectivity index (χ3v) is 4.41. The van der Waals surface area contributed by atoms with Gasteiger partial charge < -0.3 is 16.0 Å². The Kier molecular flexibility index (Phi) is 3.61. The largest absolute Gasteiger partial charge is 0.338 e.